The SMILES string of the molecule is CC(S)c1cn(-c2ccccc2)nn1. The molecule has 1 aromatic carbocycles. The summed E-state index contributed by atoms with van der Waals surface area (Å²) in [5, 5.41) is 8.17. The van der Waals surface area contributed by atoms with Gasteiger partial charge in [-0.3, -0.25) is 0 Å². The van der Waals surface area contributed by atoms with E-state index in [1.807, 2.05) is 43.5 Å². The molecule has 3 nitrogen and oxygen atoms in total. The normalized spacial score (nSPS) is 12.7. The molecule has 1 heterocycles. The first-order valence-corrected chi connectivity index (χ1v) is 4.95. The minimum atomic E-state index is 0.118. The van der Waals surface area contributed by atoms with Crippen molar-refractivity contribution in [3.63, 3.8) is 0 Å². The van der Waals surface area contributed by atoms with E-state index in [2.05, 4.69) is 22.9 Å². The number of hydrogen-bond acceptors (Lipinski definition) is 3. The van der Waals surface area contributed by atoms with Crippen LogP contribution in [0.25, 0.3) is 5.69 Å². The van der Waals surface area contributed by atoms with Crippen LogP contribution in [0.3, 0.4) is 0 Å². The molecule has 0 aliphatic heterocycles. The molecule has 1 unspecified atom stereocenters. The second kappa shape index (κ2) is 3.84. The van der Waals surface area contributed by atoms with Crippen LogP contribution in [0.2, 0.25) is 0 Å². The van der Waals surface area contributed by atoms with Crippen molar-refractivity contribution in [2.75, 3.05) is 0 Å². The van der Waals surface area contributed by atoms with E-state index in [1.165, 1.54) is 0 Å². The molecule has 0 radical (unpaired) electrons. The van der Waals surface area contributed by atoms with Crippen LogP contribution in [0, 0.1) is 0 Å². The van der Waals surface area contributed by atoms with Crippen molar-refractivity contribution in [1.29, 1.82) is 0 Å². The van der Waals surface area contributed by atoms with E-state index in [4.69, 9.17) is 0 Å². The van der Waals surface area contributed by atoms with Gasteiger partial charge < -0.3 is 0 Å². The molecular weight excluding hydrogens is 194 g/mol. The van der Waals surface area contributed by atoms with Crippen LogP contribution in [0.4, 0.5) is 0 Å². The zero-order valence-corrected chi connectivity index (χ0v) is 8.72. The summed E-state index contributed by atoms with van der Waals surface area (Å²) in [6.45, 7) is 1.97. The lowest BCUT2D eigenvalue weighted by molar-refractivity contribution is 0.797. The molecule has 0 N–H and O–H groups in total. The molecular formula is C10H11N3S. The lowest BCUT2D eigenvalue weighted by Crippen LogP contribution is -1.93. The number of hydrogen-bond donors (Lipinski definition) is 1. The van der Waals surface area contributed by atoms with Gasteiger partial charge in [0, 0.05) is 5.25 Å². The summed E-state index contributed by atoms with van der Waals surface area (Å²) in [5.74, 6) is 0. The quantitative estimate of drug-likeness (QED) is 0.762. The number of rotatable bonds is 2. The van der Waals surface area contributed by atoms with Crippen molar-refractivity contribution >= 4 is 12.6 Å². The van der Waals surface area contributed by atoms with Gasteiger partial charge in [0.1, 0.15) is 0 Å². The van der Waals surface area contributed by atoms with Crippen LogP contribution in [0.5, 0.6) is 0 Å². The van der Waals surface area contributed by atoms with Gasteiger partial charge in [-0.2, -0.15) is 12.6 Å². The molecule has 0 aliphatic carbocycles. The minimum Gasteiger partial charge on any atom is -0.220 e. The summed E-state index contributed by atoms with van der Waals surface area (Å²) in [6.07, 6.45) is 1.90. The van der Waals surface area contributed by atoms with Crippen molar-refractivity contribution in [1.82, 2.24) is 15.0 Å². The molecule has 14 heavy (non-hydrogen) atoms. The van der Waals surface area contributed by atoms with E-state index in [9.17, 15) is 0 Å². The molecule has 1 aromatic heterocycles. The van der Waals surface area contributed by atoms with Gasteiger partial charge in [0.05, 0.1) is 17.6 Å². The molecule has 0 saturated heterocycles. The van der Waals surface area contributed by atoms with Crippen LogP contribution >= 0.6 is 12.6 Å². The lowest BCUT2D eigenvalue weighted by Gasteiger charge is -1.98. The summed E-state index contributed by atoms with van der Waals surface area (Å²) < 4.78 is 1.75. The molecule has 4 heteroatoms. The van der Waals surface area contributed by atoms with Gasteiger partial charge in [0.25, 0.3) is 0 Å². The topological polar surface area (TPSA) is 30.7 Å². The third kappa shape index (κ3) is 1.80. The second-order valence-corrected chi connectivity index (χ2v) is 3.87. The van der Waals surface area contributed by atoms with E-state index >= 15 is 0 Å². The van der Waals surface area contributed by atoms with E-state index in [1.54, 1.807) is 4.68 Å². The highest BCUT2D eigenvalue weighted by atomic mass is 32.1. The largest absolute Gasteiger partial charge is 0.220 e. The Morgan fingerprint density at radius 3 is 2.57 bits per heavy atom. The molecule has 2 aromatic rings. The highest BCUT2D eigenvalue weighted by molar-refractivity contribution is 7.80. The molecule has 0 aliphatic rings. The van der Waals surface area contributed by atoms with Gasteiger partial charge in [-0.05, 0) is 19.1 Å². The lowest BCUT2D eigenvalue weighted by atomic mass is 10.3. The fourth-order valence-electron chi connectivity index (χ4n) is 1.18. The Labute approximate surface area is 88.2 Å². The standard InChI is InChI=1S/C10H11N3S/c1-8(14)10-7-13(12-11-10)9-5-3-2-4-6-9/h2-8,14H,1H3. The number of nitrogens with zero attached hydrogens (tertiary/aromatic N) is 3. The number of thiol groups is 1. The molecule has 0 saturated carbocycles. The first kappa shape index (κ1) is 9.27. The third-order valence-corrected chi connectivity index (χ3v) is 2.22. The molecule has 72 valence electrons. The van der Waals surface area contributed by atoms with E-state index < -0.39 is 0 Å². The molecule has 0 amide bonds. The summed E-state index contributed by atoms with van der Waals surface area (Å²) >= 11 is 4.30. The van der Waals surface area contributed by atoms with Gasteiger partial charge in [0.15, 0.2) is 0 Å². The van der Waals surface area contributed by atoms with Crippen molar-refractivity contribution in [2.45, 2.75) is 12.2 Å². The Balaban J connectivity index is 2.34. The predicted molar refractivity (Wildman–Crippen MR) is 58.8 cm³/mol. The zero-order valence-electron chi connectivity index (χ0n) is 7.83. The van der Waals surface area contributed by atoms with Gasteiger partial charge in [0.2, 0.25) is 0 Å². The number of para-hydroxylation sites is 1. The maximum atomic E-state index is 4.30. The second-order valence-electron chi connectivity index (χ2n) is 3.10. The van der Waals surface area contributed by atoms with Gasteiger partial charge in [-0.15, -0.1) is 5.10 Å². The van der Waals surface area contributed by atoms with Crippen LogP contribution in [0.1, 0.15) is 17.9 Å². The van der Waals surface area contributed by atoms with E-state index in [0.717, 1.165) is 11.4 Å². The van der Waals surface area contributed by atoms with Crippen LogP contribution < -0.4 is 0 Å². The zero-order chi connectivity index (χ0) is 9.97. The maximum Gasteiger partial charge on any atom is 0.0956 e. The molecule has 2 rings (SSSR count). The average molecular weight is 205 g/mol. The first-order chi connectivity index (χ1) is 6.77. The van der Waals surface area contributed by atoms with Gasteiger partial charge in [-0.1, -0.05) is 23.4 Å². The van der Waals surface area contributed by atoms with Gasteiger partial charge in [-0.25, -0.2) is 4.68 Å². The Morgan fingerprint density at radius 1 is 1.29 bits per heavy atom. The van der Waals surface area contributed by atoms with Crippen molar-refractivity contribution in [2.24, 2.45) is 0 Å². The summed E-state index contributed by atoms with van der Waals surface area (Å²) in [5.41, 5.74) is 1.90. The van der Waals surface area contributed by atoms with Crippen molar-refractivity contribution in [3.8, 4) is 5.69 Å². The molecule has 1 atom stereocenters. The van der Waals surface area contributed by atoms with Crippen LogP contribution in [-0.2, 0) is 0 Å². The predicted octanol–water partition coefficient (Wildman–Crippen LogP) is 2.26. The third-order valence-electron chi connectivity index (χ3n) is 1.96. The highest BCUT2D eigenvalue weighted by Crippen LogP contribution is 2.16. The van der Waals surface area contributed by atoms with Crippen LogP contribution in [-0.4, -0.2) is 15.0 Å². The Bertz CT molecular complexity index is 408. The summed E-state index contributed by atoms with van der Waals surface area (Å²) in [4.78, 5) is 0. The highest BCUT2D eigenvalue weighted by Gasteiger charge is 2.05. The van der Waals surface area contributed by atoms with E-state index in [0.29, 0.717) is 0 Å². The maximum absolute atomic E-state index is 4.30. The first-order valence-electron chi connectivity index (χ1n) is 4.43. The Kier molecular flexibility index (Phi) is 2.54. The smallest absolute Gasteiger partial charge is 0.0956 e. The fraction of sp³-hybridized carbons (Fsp3) is 0.200. The number of aromatic nitrogens is 3. The summed E-state index contributed by atoms with van der Waals surface area (Å²) in [7, 11) is 0. The molecule has 0 bridgehead atoms. The molecule has 0 spiro atoms. The Morgan fingerprint density at radius 2 is 2.00 bits per heavy atom. The minimum absolute atomic E-state index is 0.118. The van der Waals surface area contributed by atoms with Crippen molar-refractivity contribution in [3.05, 3.63) is 42.2 Å². The van der Waals surface area contributed by atoms with Crippen molar-refractivity contribution < 1.29 is 0 Å². The summed E-state index contributed by atoms with van der Waals surface area (Å²) in [6, 6.07) is 9.90. The Hall–Kier alpha value is -1.29. The molecule has 0 fully saturated rings. The number of benzene rings is 1. The van der Waals surface area contributed by atoms with Gasteiger partial charge >= 0.3 is 0 Å². The van der Waals surface area contributed by atoms with Crippen LogP contribution in [0.15, 0.2) is 36.5 Å². The average Bonchev–Trinajstić information content (AvgIpc) is 2.68. The van der Waals surface area contributed by atoms with E-state index in [-0.39, 0.29) is 5.25 Å². The fourth-order valence-corrected chi connectivity index (χ4v) is 1.29. The monoisotopic (exact) mass is 205 g/mol.